The van der Waals surface area contributed by atoms with Crippen molar-refractivity contribution < 1.29 is 9.90 Å². The highest BCUT2D eigenvalue weighted by Gasteiger charge is 2.13. The fourth-order valence-corrected chi connectivity index (χ4v) is 2.34. The summed E-state index contributed by atoms with van der Waals surface area (Å²) >= 11 is 0. The maximum absolute atomic E-state index is 11.9. The number of nitrogens with zero attached hydrogens (tertiary/aromatic N) is 1. The number of rotatable bonds is 6. The van der Waals surface area contributed by atoms with E-state index in [-0.39, 0.29) is 18.7 Å². The van der Waals surface area contributed by atoms with Crippen molar-refractivity contribution in [1.82, 2.24) is 5.32 Å². The Bertz CT molecular complexity index is 473. The van der Waals surface area contributed by atoms with Crippen LogP contribution in [-0.2, 0) is 0 Å². The summed E-state index contributed by atoms with van der Waals surface area (Å²) in [6, 6.07) is 5.28. The van der Waals surface area contributed by atoms with Gasteiger partial charge in [0.2, 0.25) is 0 Å². The number of aliphatic hydroxyl groups excluding tert-OH is 1. The zero-order valence-corrected chi connectivity index (χ0v) is 13.6. The van der Waals surface area contributed by atoms with Crippen LogP contribution in [0, 0.1) is 12.8 Å². The summed E-state index contributed by atoms with van der Waals surface area (Å²) in [6.07, 6.45) is 0.752. The molecule has 5 heteroatoms. The second-order valence-corrected chi connectivity index (χ2v) is 6.00. The van der Waals surface area contributed by atoms with Crippen LogP contribution in [0.1, 0.15) is 25.8 Å². The van der Waals surface area contributed by atoms with E-state index in [1.54, 1.807) is 0 Å². The number of amides is 2. The van der Waals surface area contributed by atoms with Crippen molar-refractivity contribution in [1.29, 1.82) is 0 Å². The minimum absolute atomic E-state index is 0.0514. The van der Waals surface area contributed by atoms with Gasteiger partial charge >= 0.3 is 6.03 Å². The minimum atomic E-state index is -0.285. The lowest BCUT2D eigenvalue weighted by Crippen LogP contribution is -2.40. The molecule has 0 radical (unpaired) electrons. The third-order valence-corrected chi connectivity index (χ3v) is 3.25. The van der Waals surface area contributed by atoms with Gasteiger partial charge in [0, 0.05) is 25.5 Å². The van der Waals surface area contributed by atoms with Crippen LogP contribution >= 0.6 is 0 Å². The number of aliphatic hydroxyl groups is 1. The number of urea groups is 1. The first kappa shape index (κ1) is 17.3. The molecule has 0 aliphatic rings. The maximum Gasteiger partial charge on any atom is 0.319 e. The van der Waals surface area contributed by atoms with E-state index in [9.17, 15) is 9.90 Å². The van der Waals surface area contributed by atoms with Gasteiger partial charge < -0.3 is 20.6 Å². The molecule has 0 bridgehead atoms. The molecule has 0 aliphatic heterocycles. The van der Waals surface area contributed by atoms with E-state index < -0.39 is 0 Å². The van der Waals surface area contributed by atoms with E-state index in [1.807, 2.05) is 44.1 Å². The molecule has 3 N–H and O–H groups in total. The SMILES string of the molecule is Cc1cc(NC(=O)N[C@H](CO)CC(C)C)ccc1N(C)C. The van der Waals surface area contributed by atoms with Crippen molar-refractivity contribution in [2.75, 3.05) is 30.9 Å². The Hall–Kier alpha value is -1.75. The van der Waals surface area contributed by atoms with Crippen molar-refractivity contribution >= 4 is 17.4 Å². The second-order valence-electron chi connectivity index (χ2n) is 6.00. The highest BCUT2D eigenvalue weighted by molar-refractivity contribution is 5.89. The predicted molar refractivity (Wildman–Crippen MR) is 88.0 cm³/mol. The molecule has 0 heterocycles. The molecule has 0 fully saturated rings. The summed E-state index contributed by atoms with van der Waals surface area (Å²) in [5.74, 6) is 0.420. The van der Waals surface area contributed by atoms with Gasteiger partial charge in [0.05, 0.1) is 12.6 Å². The van der Waals surface area contributed by atoms with Gasteiger partial charge in [0.1, 0.15) is 0 Å². The molecule has 118 valence electrons. The van der Waals surface area contributed by atoms with Gasteiger partial charge in [0.15, 0.2) is 0 Å². The van der Waals surface area contributed by atoms with Gasteiger partial charge in [-0.05, 0) is 43.0 Å². The van der Waals surface area contributed by atoms with Crippen molar-refractivity contribution in [3.8, 4) is 0 Å². The van der Waals surface area contributed by atoms with Gasteiger partial charge in [-0.1, -0.05) is 13.8 Å². The molecule has 0 aromatic heterocycles. The van der Waals surface area contributed by atoms with E-state index >= 15 is 0 Å². The Labute approximate surface area is 127 Å². The Morgan fingerprint density at radius 2 is 2.00 bits per heavy atom. The fourth-order valence-electron chi connectivity index (χ4n) is 2.34. The van der Waals surface area contributed by atoms with Gasteiger partial charge in [-0.2, -0.15) is 0 Å². The van der Waals surface area contributed by atoms with Crippen molar-refractivity contribution in [3.05, 3.63) is 23.8 Å². The molecular weight excluding hydrogens is 266 g/mol. The zero-order chi connectivity index (χ0) is 16.0. The Kier molecular flexibility index (Phi) is 6.49. The normalized spacial score (nSPS) is 12.1. The molecule has 5 nitrogen and oxygen atoms in total. The molecule has 0 spiro atoms. The number of carbonyl (C=O) groups excluding carboxylic acids is 1. The van der Waals surface area contributed by atoms with Gasteiger partial charge in [-0.15, -0.1) is 0 Å². The second kappa shape index (κ2) is 7.88. The zero-order valence-electron chi connectivity index (χ0n) is 13.6. The predicted octanol–water partition coefficient (Wildman–Crippen LogP) is 2.59. The van der Waals surface area contributed by atoms with Crippen LogP contribution in [0.25, 0.3) is 0 Å². The Morgan fingerprint density at radius 3 is 2.48 bits per heavy atom. The molecule has 2 amide bonds. The van der Waals surface area contributed by atoms with Crippen LogP contribution in [0.4, 0.5) is 16.2 Å². The van der Waals surface area contributed by atoms with Gasteiger partial charge in [-0.25, -0.2) is 4.79 Å². The lowest BCUT2D eigenvalue weighted by molar-refractivity contribution is 0.214. The van der Waals surface area contributed by atoms with Crippen LogP contribution < -0.4 is 15.5 Å². The summed E-state index contributed by atoms with van der Waals surface area (Å²) in [7, 11) is 3.97. The summed E-state index contributed by atoms with van der Waals surface area (Å²) in [5, 5.41) is 14.9. The number of aryl methyl sites for hydroxylation is 1. The topological polar surface area (TPSA) is 64.6 Å². The third-order valence-electron chi connectivity index (χ3n) is 3.25. The van der Waals surface area contributed by atoms with E-state index in [1.165, 1.54) is 0 Å². The first-order valence-electron chi connectivity index (χ1n) is 7.29. The standard InChI is InChI=1S/C16H27N3O2/c1-11(2)8-14(10-20)18-16(21)17-13-6-7-15(19(4)5)12(3)9-13/h6-7,9,11,14,20H,8,10H2,1-5H3,(H2,17,18,21)/t14-/m0/s1. The first-order valence-corrected chi connectivity index (χ1v) is 7.29. The average Bonchev–Trinajstić information content (AvgIpc) is 2.36. The smallest absolute Gasteiger partial charge is 0.319 e. The van der Waals surface area contributed by atoms with Crippen LogP contribution in [0.3, 0.4) is 0 Å². The largest absolute Gasteiger partial charge is 0.394 e. The fraction of sp³-hybridized carbons (Fsp3) is 0.562. The average molecular weight is 293 g/mol. The molecule has 0 saturated carbocycles. The molecule has 1 rings (SSSR count). The van der Waals surface area contributed by atoms with Gasteiger partial charge in [-0.3, -0.25) is 0 Å². The third kappa shape index (κ3) is 5.63. The summed E-state index contributed by atoms with van der Waals surface area (Å²) in [5.41, 5.74) is 2.96. The Balaban J connectivity index is 2.64. The van der Waals surface area contributed by atoms with Crippen molar-refractivity contribution in [2.45, 2.75) is 33.2 Å². The van der Waals surface area contributed by atoms with Crippen LogP contribution in [0.2, 0.25) is 0 Å². The number of hydrogen-bond donors (Lipinski definition) is 3. The van der Waals surface area contributed by atoms with E-state index in [0.29, 0.717) is 5.92 Å². The highest BCUT2D eigenvalue weighted by atomic mass is 16.3. The van der Waals surface area contributed by atoms with E-state index in [2.05, 4.69) is 24.5 Å². The number of benzene rings is 1. The highest BCUT2D eigenvalue weighted by Crippen LogP contribution is 2.21. The number of hydrogen-bond acceptors (Lipinski definition) is 3. The lowest BCUT2D eigenvalue weighted by Gasteiger charge is -2.19. The molecule has 21 heavy (non-hydrogen) atoms. The molecule has 0 aliphatic carbocycles. The number of carbonyl (C=O) groups is 1. The summed E-state index contributed by atoms with van der Waals surface area (Å²) in [6.45, 7) is 6.08. The van der Waals surface area contributed by atoms with Crippen LogP contribution in [0.5, 0.6) is 0 Å². The Morgan fingerprint density at radius 1 is 1.33 bits per heavy atom. The number of anilines is 2. The van der Waals surface area contributed by atoms with Crippen molar-refractivity contribution in [3.63, 3.8) is 0 Å². The molecule has 1 atom stereocenters. The molecule has 0 unspecified atom stereocenters. The monoisotopic (exact) mass is 293 g/mol. The molecule has 0 saturated heterocycles. The summed E-state index contributed by atoms with van der Waals surface area (Å²) in [4.78, 5) is 14.0. The van der Waals surface area contributed by atoms with Crippen LogP contribution in [-0.4, -0.2) is 37.9 Å². The van der Waals surface area contributed by atoms with Crippen LogP contribution in [0.15, 0.2) is 18.2 Å². The first-order chi connectivity index (χ1) is 9.83. The molecule has 1 aromatic carbocycles. The van der Waals surface area contributed by atoms with E-state index in [4.69, 9.17) is 0 Å². The quantitative estimate of drug-likeness (QED) is 0.755. The van der Waals surface area contributed by atoms with E-state index in [0.717, 1.165) is 23.4 Å². The van der Waals surface area contributed by atoms with Gasteiger partial charge in [0.25, 0.3) is 0 Å². The number of nitrogens with one attached hydrogen (secondary N) is 2. The maximum atomic E-state index is 11.9. The molecule has 1 aromatic rings. The lowest BCUT2D eigenvalue weighted by atomic mass is 10.0. The van der Waals surface area contributed by atoms with Crippen molar-refractivity contribution in [2.24, 2.45) is 5.92 Å². The molecular formula is C16H27N3O2. The minimum Gasteiger partial charge on any atom is -0.394 e. The summed E-state index contributed by atoms with van der Waals surface area (Å²) < 4.78 is 0.